The molecule has 1 amide bonds. The topological polar surface area (TPSA) is 56.2 Å². The zero-order valence-corrected chi connectivity index (χ0v) is 13.8. The van der Waals surface area contributed by atoms with Crippen LogP contribution in [0.3, 0.4) is 0 Å². The van der Waals surface area contributed by atoms with Crippen molar-refractivity contribution in [2.45, 2.75) is 32.5 Å². The minimum absolute atomic E-state index is 0.184. The lowest BCUT2D eigenvalue weighted by Crippen LogP contribution is -2.37. The number of hydrogen-bond acceptors (Lipinski definition) is 3. The highest BCUT2D eigenvalue weighted by atomic mass is 19.1. The molecule has 6 heteroatoms. The monoisotopic (exact) mass is 339 g/mol. The minimum atomic E-state index is -0.702. The van der Waals surface area contributed by atoms with Crippen LogP contribution < -0.4 is 10.1 Å². The number of nitrogens with zero attached hydrogens (tertiary/aromatic N) is 2. The average Bonchev–Trinajstić information content (AvgIpc) is 3.21. The molecule has 0 fully saturated rings. The highest BCUT2D eigenvalue weighted by Gasteiger charge is 2.31. The van der Waals surface area contributed by atoms with Crippen molar-refractivity contribution in [3.63, 3.8) is 0 Å². The Hall–Kier alpha value is -2.89. The number of aryl methyl sites for hydroxylation is 1. The van der Waals surface area contributed by atoms with E-state index in [4.69, 9.17) is 4.74 Å². The molecular formula is C19H18FN3O2. The summed E-state index contributed by atoms with van der Waals surface area (Å²) >= 11 is 0. The van der Waals surface area contributed by atoms with Crippen LogP contribution in [0.1, 0.15) is 18.3 Å². The number of rotatable bonds is 4. The Morgan fingerprint density at radius 2 is 2.16 bits per heavy atom. The Kier molecular flexibility index (Phi) is 3.87. The van der Waals surface area contributed by atoms with Crippen LogP contribution >= 0.6 is 0 Å². The molecule has 0 unspecified atom stereocenters. The number of hydrogen-bond donors (Lipinski definition) is 1. The van der Waals surface area contributed by atoms with Crippen molar-refractivity contribution in [3.05, 3.63) is 59.7 Å². The van der Waals surface area contributed by atoms with Gasteiger partial charge in [0.15, 0.2) is 17.7 Å². The molecule has 0 radical (unpaired) electrons. The fourth-order valence-electron chi connectivity index (χ4n) is 3.27. The van der Waals surface area contributed by atoms with E-state index in [0.717, 1.165) is 29.0 Å². The largest absolute Gasteiger partial charge is 0.477 e. The number of amides is 1. The van der Waals surface area contributed by atoms with Gasteiger partial charge in [0.25, 0.3) is 5.91 Å². The SMILES string of the molecule is CCn1c(CNC(=O)[C@@H]2Cc3cccc(F)c3O2)nc2ccccc21. The summed E-state index contributed by atoms with van der Waals surface area (Å²) in [6, 6.07) is 12.6. The number of carbonyl (C=O) groups excluding carboxylic acids is 1. The third-order valence-electron chi connectivity index (χ3n) is 4.48. The summed E-state index contributed by atoms with van der Waals surface area (Å²) in [4.78, 5) is 17.0. The lowest BCUT2D eigenvalue weighted by atomic mass is 10.1. The van der Waals surface area contributed by atoms with E-state index in [9.17, 15) is 9.18 Å². The Balaban J connectivity index is 1.47. The fourth-order valence-corrected chi connectivity index (χ4v) is 3.27. The number of ether oxygens (including phenoxy) is 1. The van der Waals surface area contributed by atoms with Crippen molar-refractivity contribution in [1.82, 2.24) is 14.9 Å². The predicted molar refractivity (Wildman–Crippen MR) is 91.8 cm³/mol. The first-order chi connectivity index (χ1) is 12.2. The van der Waals surface area contributed by atoms with Gasteiger partial charge in [-0.2, -0.15) is 0 Å². The maximum Gasteiger partial charge on any atom is 0.261 e. The Morgan fingerprint density at radius 1 is 1.32 bits per heavy atom. The van der Waals surface area contributed by atoms with E-state index in [2.05, 4.69) is 14.9 Å². The van der Waals surface area contributed by atoms with Gasteiger partial charge < -0.3 is 14.6 Å². The third-order valence-corrected chi connectivity index (χ3v) is 4.48. The third kappa shape index (κ3) is 2.73. The highest BCUT2D eigenvalue weighted by Crippen LogP contribution is 2.31. The molecule has 0 saturated heterocycles. The summed E-state index contributed by atoms with van der Waals surface area (Å²) in [6.07, 6.45) is -0.324. The summed E-state index contributed by atoms with van der Waals surface area (Å²) in [7, 11) is 0. The highest BCUT2D eigenvalue weighted by molar-refractivity contribution is 5.82. The van der Waals surface area contributed by atoms with E-state index < -0.39 is 11.9 Å². The van der Waals surface area contributed by atoms with Gasteiger partial charge in [0.1, 0.15) is 5.82 Å². The molecule has 5 nitrogen and oxygen atoms in total. The van der Waals surface area contributed by atoms with Crippen LogP contribution in [0.5, 0.6) is 5.75 Å². The molecule has 4 rings (SSSR count). The quantitative estimate of drug-likeness (QED) is 0.795. The van der Waals surface area contributed by atoms with Crippen LogP contribution in [0.25, 0.3) is 11.0 Å². The maximum atomic E-state index is 13.7. The zero-order chi connectivity index (χ0) is 17.4. The van der Waals surface area contributed by atoms with E-state index in [1.807, 2.05) is 31.2 Å². The van der Waals surface area contributed by atoms with E-state index in [-0.39, 0.29) is 11.7 Å². The first-order valence-corrected chi connectivity index (χ1v) is 8.33. The molecule has 0 saturated carbocycles. The summed E-state index contributed by atoms with van der Waals surface area (Å²) in [5.74, 6) is 0.285. The maximum absolute atomic E-state index is 13.7. The second-order valence-electron chi connectivity index (χ2n) is 6.02. The van der Waals surface area contributed by atoms with Crippen LogP contribution in [0.15, 0.2) is 42.5 Å². The van der Waals surface area contributed by atoms with E-state index >= 15 is 0 Å². The molecule has 1 aromatic heterocycles. The number of nitrogens with one attached hydrogen (secondary N) is 1. The number of fused-ring (bicyclic) bond motifs is 2. The van der Waals surface area contributed by atoms with Crippen molar-refractivity contribution in [2.75, 3.05) is 0 Å². The number of para-hydroxylation sites is 3. The summed E-state index contributed by atoms with van der Waals surface area (Å²) in [5, 5.41) is 2.86. The van der Waals surface area contributed by atoms with Crippen molar-refractivity contribution in [1.29, 1.82) is 0 Å². The second-order valence-corrected chi connectivity index (χ2v) is 6.02. The number of halogens is 1. The molecule has 25 heavy (non-hydrogen) atoms. The first kappa shape index (κ1) is 15.6. The summed E-state index contributed by atoms with van der Waals surface area (Å²) in [6.45, 7) is 3.11. The molecule has 128 valence electrons. The fraction of sp³-hybridized carbons (Fsp3) is 0.263. The number of benzene rings is 2. The summed E-state index contributed by atoms with van der Waals surface area (Å²) < 4.78 is 21.3. The number of carbonyl (C=O) groups is 1. The zero-order valence-electron chi connectivity index (χ0n) is 13.8. The predicted octanol–water partition coefficient (Wildman–Crippen LogP) is 2.82. The van der Waals surface area contributed by atoms with Crippen molar-refractivity contribution < 1.29 is 13.9 Å². The van der Waals surface area contributed by atoms with E-state index in [1.54, 1.807) is 12.1 Å². The van der Waals surface area contributed by atoms with Gasteiger partial charge >= 0.3 is 0 Å². The smallest absolute Gasteiger partial charge is 0.261 e. The number of imidazole rings is 1. The Bertz CT molecular complexity index is 951. The van der Waals surface area contributed by atoms with Gasteiger partial charge in [-0.15, -0.1) is 0 Å². The molecule has 0 bridgehead atoms. The normalized spacial score (nSPS) is 15.8. The van der Waals surface area contributed by atoms with E-state index in [1.165, 1.54) is 6.07 Å². The summed E-state index contributed by atoms with van der Waals surface area (Å²) in [5.41, 5.74) is 2.67. The number of aromatic nitrogens is 2. The van der Waals surface area contributed by atoms with Gasteiger partial charge in [-0.1, -0.05) is 24.3 Å². The lowest BCUT2D eigenvalue weighted by molar-refractivity contribution is -0.127. The van der Waals surface area contributed by atoms with Gasteiger partial charge in [0.2, 0.25) is 0 Å². The van der Waals surface area contributed by atoms with Gasteiger partial charge in [-0.25, -0.2) is 9.37 Å². The lowest BCUT2D eigenvalue weighted by Gasteiger charge is -2.12. The van der Waals surface area contributed by atoms with E-state index in [0.29, 0.717) is 13.0 Å². The standard InChI is InChI=1S/C19H18FN3O2/c1-2-23-15-9-4-3-8-14(15)22-17(23)11-21-19(24)16-10-12-6-5-7-13(20)18(12)25-16/h3-9,16H,2,10-11H2,1H3,(H,21,24)/t16-/m0/s1. The molecule has 3 aromatic rings. The van der Waals surface area contributed by atoms with Crippen LogP contribution in [0, 0.1) is 5.82 Å². The Labute approximate surface area is 144 Å². The average molecular weight is 339 g/mol. The van der Waals surface area contributed by atoms with Crippen LogP contribution in [0.2, 0.25) is 0 Å². The molecular weight excluding hydrogens is 321 g/mol. The molecule has 1 N–H and O–H groups in total. The minimum Gasteiger partial charge on any atom is -0.477 e. The van der Waals surface area contributed by atoms with Crippen molar-refractivity contribution in [2.24, 2.45) is 0 Å². The molecule has 1 atom stereocenters. The molecule has 0 aliphatic carbocycles. The molecule has 1 aliphatic heterocycles. The van der Waals surface area contributed by atoms with Gasteiger partial charge in [-0.05, 0) is 25.1 Å². The molecule has 2 heterocycles. The Morgan fingerprint density at radius 3 is 2.96 bits per heavy atom. The van der Waals surface area contributed by atoms with Crippen molar-refractivity contribution >= 4 is 16.9 Å². The van der Waals surface area contributed by atoms with Gasteiger partial charge in [0.05, 0.1) is 17.6 Å². The van der Waals surface area contributed by atoms with Gasteiger partial charge in [0, 0.05) is 18.5 Å². The van der Waals surface area contributed by atoms with Gasteiger partial charge in [-0.3, -0.25) is 4.79 Å². The van der Waals surface area contributed by atoms with Crippen LogP contribution in [-0.4, -0.2) is 21.6 Å². The molecule has 1 aliphatic rings. The molecule has 2 aromatic carbocycles. The van der Waals surface area contributed by atoms with Crippen LogP contribution in [0.4, 0.5) is 4.39 Å². The molecule has 0 spiro atoms. The first-order valence-electron chi connectivity index (χ1n) is 8.33. The van der Waals surface area contributed by atoms with Crippen LogP contribution in [-0.2, 0) is 24.3 Å². The van der Waals surface area contributed by atoms with Crippen molar-refractivity contribution in [3.8, 4) is 5.75 Å². The second kappa shape index (κ2) is 6.20.